The van der Waals surface area contributed by atoms with Crippen molar-refractivity contribution in [1.29, 1.82) is 0 Å². The van der Waals surface area contributed by atoms with E-state index in [1.165, 1.54) is 11.8 Å². The summed E-state index contributed by atoms with van der Waals surface area (Å²) in [4.78, 5) is 40.1. The molecular formula is C24H35N3O4S. The van der Waals surface area contributed by atoms with Crippen LogP contribution in [0.3, 0.4) is 0 Å². The lowest BCUT2D eigenvalue weighted by Gasteiger charge is -2.32. The zero-order chi connectivity index (χ0) is 24.5. The molecule has 0 fully saturated rings. The molecule has 0 aromatic heterocycles. The van der Waals surface area contributed by atoms with E-state index in [1.54, 1.807) is 45.0 Å². The van der Waals surface area contributed by atoms with Crippen LogP contribution in [0.25, 0.3) is 0 Å². The van der Waals surface area contributed by atoms with E-state index in [1.807, 2.05) is 33.1 Å². The van der Waals surface area contributed by atoms with Gasteiger partial charge in [-0.1, -0.05) is 36.8 Å². The molecule has 1 aromatic carbocycles. The van der Waals surface area contributed by atoms with Crippen LogP contribution in [-0.4, -0.2) is 52.0 Å². The van der Waals surface area contributed by atoms with Crippen molar-refractivity contribution in [3.8, 4) is 12.5 Å². The quantitative estimate of drug-likeness (QED) is 0.455. The Morgan fingerprint density at radius 1 is 1.12 bits per heavy atom. The van der Waals surface area contributed by atoms with Gasteiger partial charge in [0.1, 0.15) is 17.7 Å². The number of nitrogens with one attached hydrogen (secondary N) is 2. The molecule has 0 aliphatic heterocycles. The average molecular weight is 462 g/mol. The standard InChI is InChI=1S/C24H35N3O4S/c1-9-27(19(17-13-11-10-12-14-17)20(28)26-23(2,3)4)21(29)18(15-16-32-8)25-22(30)31-24(5,6)7/h1,10-14,18-19H,15-16H2,2-8H3,(H,25,30)(H,26,28). The summed E-state index contributed by atoms with van der Waals surface area (Å²) in [5, 5.41) is 5.52. The second-order valence-corrected chi connectivity index (χ2v) is 10.4. The van der Waals surface area contributed by atoms with Gasteiger partial charge in [0.2, 0.25) is 5.91 Å². The number of benzene rings is 1. The molecule has 0 saturated heterocycles. The van der Waals surface area contributed by atoms with Crippen LogP contribution < -0.4 is 10.6 Å². The predicted molar refractivity (Wildman–Crippen MR) is 129 cm³/mol. The number of amides is 3. The highest BCUT2D eigenvalue weighted by Crippen LogP contribution is 2.23. The van der Waals surface area contributed by atoms with E-state index in [9.17, 15) is 14.4 Å². The molecule has 32 heavy (non-hydrogen) atoms. The van der Waals surface area contributed by atoms with E-state index in [2.05, 4.69) is 16.7 Å². The fraction of sp³-hybridized carbons (Fsp3) is 0.542. The van der Waals surface area contributed by atoms with E-state index < -0.39 is 41.1 Å². The number of nitrogens with zero attached hydrogens (tertiary/aromatic N) is 1. The third-order valence-corrected chi connectivity index (χ3v) is 4.74. The Morgan fingerprint density at radius 2 is 1.72 bits per heavy atom. The SMILES string of the molecule is C#CN(C(=O)C(CCSC)NC(=O)OC(C)(C)C)C(C(=O)NC(C)(C)C)c1ccccc1. The van der Waals surface area contributed by atoms with Crippen LogP contribution in [0.4, 0.5) is 4.79 Å². The molecule has 0 radical (unpaired) electrons. The lowest BCUT2D eigenvalue weighted by Crippen LogP contribution is -2.53. The van der Waals surface area contributed by atoms with Crippen molar-refractivity contribution in [3.63, 3.8) is 0 Å². The number of hydrogen-bond acceptors (Lipinski definition) is 5. The van der Waals surface area contributed by atoms with Crippen LogP contribution >= 0.6 is 11.8 Å². The molecule has 0 bridgehead atoms. The van der Waals surface area contributed by atoms with Gasteiger partial charge in [-0.3, -0.25) is 14.5 Å². The lowest BCUT2D eigenvalue weighted by molar-refractivity contribution is -0.139. The van der Waals surface area contributed by atoms with Crippen molar-refractivity contribution < 1.29 is 19.1 Å². The van der Waals surface area contributed by atoms with Crippen molar-refractivity contribution >= 4 is 29.7 Å². The maximum Gasteiger partial charge on any atom is 0.408 e. The molecule has 0 saturated carbocycles. The van der Waals surface area contributed by atoms with Gasteiger partial charge < -0.3 is 15.4 Å². The molecular weight excluding hydrogens is 426 g/mol. The van der Waals surface area contributed by atoms with Crippen LogP contribution in [0, 0.1) is 12.5 Å². The van der Waals surface area contributed by atoms with E-state index in [-0.39, 0.29) is 0 Å². The number of terminal acetylenes is 1. The predicted octanol–water partition coefficient (Wildman–Crippen LogP) is 3.71. The molecule has 1 aromatic rings. The number of rotatable bonds is 8. The largest absolute Gasteiger partial charge is 0.444 e. The summed E-state index contributed by atoms with van der Waals surface area (Å²) in [6.07, 6.45) is 7.25. The molecule has 2 N–H and O–H groups in total. The van der Waals surface area contributed by atoms with Crippen molar-refractivity contribution in [1.82, 2.24) is 15.5 Å². The first-order chi connectivity index (χ1) is 14.8. The van der Waals surface area contributed by atoms with Crippen LogP contribution in [0.15, 0.2) is 30.3 Å². The number of hydrogen-bond donors (Lipinski definition) is 2. The van der Waals surface area contributed by atoms with Crippen LogP contribution in [0.1, 0.15) is 59.6 Å². The van der Waals surface area contributed by atoms with Crippen molar-refractivity contribution in [2.75, 3.05) is 12.0 Å². The molecule has 3 amide bonds. The number of ether oxygens (including phenoxy) is 1. The molecule has 0 aliphatic rings. The Hall–Kier alpha value is -2.66. The summed E-state index contributed by atoms with van der Waals surface area (Å²) in [5.74, 6) is -0.351. The summed E-state index contributed by atoms with van der Waals surface area (Å²) >= 11 is 1.53. The second kappa shape index (κ2) is 11.8. The Morgan fingerprint density at radius 3 is 2.19 bits per heavy atom. The molecule has 8 heteroatoms. The highest BCUT2D eigenvalue weighted by molar-refractivity contribution is 7.98. The normalized spacial score (nSPS) is 13.3. The first-order valence-electron chi connectivity index (χ1n) is 10.4. The van der Waals surface area contributed by atoms with Crippen LogP contribution in [0.5, 0.6) is 0 Å². The first-order valence-corrected chi connectivity index (χ1v) is 11.8. The highest BCUT2D eigenvalue weighted by atomic mass is 32.2. The van der Waals surface area contributed by atoms with Gasteiger partial charge in [0.05, 0.1) is 0 Å². The van der Waals surface area contributed by atoms with E-state index in [4.69, 9.17) is 11.2 Å². The third kappa shape index (κ3) is 9.23. The summed E-state index contributed by atoms with van der Waals surface area (Å²) in [6, 6.07) is 9.22. The Balaban J connectivity index is 3.30. The topological polar surface area (TPSA) is 87.7 Å². The Bertz CT molecular complexity index is 822. The van der Waals surface area contributed by atoms with E-state index >= 15 is 0 Å². The highest BCUT2D eigenvalue weighted by Gasteiger charge is 2.36. The average Bonchev–Trinajstić information content (AvgIpc) is 2.66. The summed E-state index contributed by atoms with van der Waals surface area (Å²) < 4.78 is 5.31. The summed E-state index contributed by atoms with van der Waals surface area (Å²) in [6.45, 7) is 10.8. The van der Waals surface area contributed by atoms with Crippen LogP contribution in [0.2, 0.25) is 0 Å². The second-order valence-electron chi connectivity index (χ2n) is 9.37. The zero-order valence-electron chi connectivity index (χ0n) is 20.0. The van der Waals surface area contributed by atoms with Gasteiger partial charge in [-0.05, 0) is 65.5 Å². The van der Waals surface area contributed by atoms with Gasteiger partial charge in [0, 0.05) is 11.6 Å². The van der Waals surface area contributed by atoms with Gasteiger partial charge in [-0.15, -0.1) is 0 Å². The van der Waals surface area contributed by atoms with Crippen molar-refractivity contribution in [2.24, 2.45) is 0 Å². The van der Waals surface area contributed by atoms with Gasteiger partial charge >= 0.3 is 6.09 Å². The third-order valence-electron chi connectivity index (χ3n) is 4.10. The minimum absolute atomic E-state index is 0.333. The first kappa shape index (κ1) is 27.4. The van der Waals surface area contributed by atoms with E-state index in [0.717, 1.165) is 4.90 Å². The van der Waals surface area contributed by atoms with E-state index in [0.29, 0.717) is 17.7 Å². The smallest absolute Gasteiger partial charge is 0.408 e. The minimum atomic E-state index is -1.05. The minimum Gasteiger partial charge on any atom is -0.444 e. The molecule has 7 nitrogen and oxygen atoms in total. The lowest BCUT2D eigenvalue weighted by atomic mass is 10.0. The van der Waals surface area contributed by atoms with Crippen LogP contribution in [-0.2, 0) is 14.3 Å². The molecule has 2 unspecified atom stereocenters. The monoisotopic (exact) mass is 461 g/mol. The fourth-order valence-corrected chi connectivity index (χ4v) is 3.34. The molecule has 0 spiro atoms. The summed E-state index contributed by atoms with van der Waals surface area (Å²) in [5.41, 5.74) is -0.677. The number of alkyl carbamates (subject to hydrolysis) is 1. The number of carbonyl (C=O) groups is 3. The number of carbonyl (C=O) groups excluding carboxylic acids is 3. The van der Waals surface area contributed by atoms with Gasteiger partial charge in [0.25, 0.3) is 5.91 Å². The maximum atomic E-state index is 13.5. The Kier molecular flexibility index (Phi) is 10.1. The molecule has 0 heterocycles. The van der Waals surface area contributed by atoms with Gasteiger partial charge in [-0.25, -0.2) is 4.79 Å². The maximum absolute atomic E-state index is 13.5. The van der Waals surface area contributed by atoms with Crippen molar-refractivity contribution in [2.45, 2.75) is 71.2 Å². The summed E-state index contributed by atoms with van der Waals surface area (Å²) in [7, 11) is 0. The number of thioether (sulfide) groups is 1. The van der Waals surface area contributed by atoms with Gasteiger partial charge in [-0.2, -0.15) is 11.8 Å². The van der Waals surface area contributed by atoms with Crippen molar-refractivity contribution in [3.05, 3.63) is 35.9 Å². The fourth-order valence-electron chi connectivity index (χ4n) is 2.87. The zero-order valence-corrected chi connectivity index (χ0v) is 20.8. The molecule has 1 rings (SSSR count). The molecule has 0 aliphatic carbocycles. The molecule has 176 valence electrons. The molecule has 2 atom stereocenters. The van der Waals surface area contributed by atoms with Gasteiger partial charge in [0.15, 0.2) is 0 Å². The Labute approximate surface area is 196 Å².